The van der Waals surface area contributed by atoms with Crippen LogP contribution in [0.3, 0.4) is 0 Å². The molecule has 2 nitrogen and oxygen atoms in total. The van der Waals surface area contributed by atoms with Gasteiger partial charge in [-0.2, -0.15) is 0 Å². The molecule has 0 spiro atoms. The van der Waals surface area contributed by atoms with Crippen molar-refractivity contribution >= 4 is 12.7 Å². The Morgan fingerprint density at radius 3 is 1.86 bits per heavy atom. The van der Waals surface area contributed by atoms with Gasteiger partial charge in [-0.3, -0.25) is 4.79 Å². The average Bonchev–Trinajstić information content (AvgIpc) is 2.24. The zero-order chi connectivity index (χ0) is 16.6. The highest BCUT2D eigenvalue weighted by atomic mass is 31.2. The summed E-state index contributed by atoms with van der Waals surface area (Å²) >= 11 is 0. The number of hydrogen-bond acceptors (Lipinski definition) is 2. The van der Waals surface area contributed by atoms with Gasteiger partial charge >= 0.3 is 0 Å². The highest BCUT2D eigenvalue weighted by molar-refractivity contribution is 7.82. The van der Waals surface area contributed by atoms with E-state index in [-0.39, 0.29) is 11.4 Å². The van der Waals surface area contributed by atoms with E-state index >= 15 is 0 Å². The van der Waals surface area contributed by atoms with Gasteiger partial charge in [0.05, 0.1) is 0 Å². The normalized spacial score (nSPS) is 15.1. The summed E-state index contributed by atoms with van der Waals surface area (Å²) in [5.74, 6) is 0.241. The number of carbonyl (C=O) groups excluding carboxylic acids is 1. The van der Waals surface area contributed by atoms with Crippen LogP contribution < -0.4 is 0 Å². The van der Waals surface area contributed by atoms with E-state index in [1.807, 2.05) is 67.5 Å². The first-order valence-electron chi connectivity index (χ1n) is 7.62. The largest absolute Gasteiger partial charge is 0.315 e. The highest BCUT2D eigenvalue weighted by Gasteiger charge is 2.44. The standard InChI is InChI=1S/C18H29O2P/c1-12(2)11-21(20,18(6,7)8)17(19)16-14(4)9-13(3)10-15(16)5/h9-10,12H,11H2,1-8H3. The molecule has 118 valence electrons. The van der Waals surface area contributed by atoms with Gasteiger partial charge in [0.2, 0.25) is 5.52 Å². The fourth-order valence-electron chi connectivity index (χ4n) is 2.87. The van der Waals surface area contributed by atoms with Gasteiger partial charge < -0.3 is 4.57 Å². The van der Waals surface area contributed by atoms with E-state index in [9.17, 15) is 9.36 Å². The molecule has 1 unspecified atom stereocenters. The molecule has 1 atom stereocenters. The molecule has 0 saturated carbocycles. The molecule has 0 fully saturated rings. The van der Waals surface area contributed by atoms with Crippen molar-refractivity contribution in [3.05, 3.63) is 34.4 Å². The van der Waals surface area contributed by atoms with Crippen LogP contribution in [-0.4, -0.2) is 16.8 Å². The Hall–Kier alpha value is -0.880. The summed E-state index contributed by atoms with van der Waals surface area (Å²) in [6, 6.07) is 4.01. The molecule has 0 bridgehead atoms. The molecule has 0 saturated heterocycles. The van der Waals surface area contributed by atoms with E-state index in [2.05, 4.69) is 0 Å². The second-order valence-corrected chi connectivity index (χ2v) is 11.2. The summed E-state index contributed by atoms with van der Waals surface area (Å²) in [5, 5.41) is -0.502. The lowest BCUT2D eigenvalue weighted by Crippen LogP contribution is -2.25. The maximum atomic E-state index is 13.6. The van der Waals surface area contributed by atoms with Crippen molar-refractivity contribution in [1.29, 1.82) is 0 Å². The Morgan fingerprint density at radius 1 is 1.10 bits per heavy atom. The van der Waals surface area contributed by atoms with Crippen LogP contribution in [0.2, 0.25) is 0 Å². The van der Waals surface area contributed by atoms with Crippen LogP contribution in [0.1, 0.15) is 61.7 Å². The third kappa shape index (κ3) is 3.66. The predicted molar refractivity (Wildman–Crippen MR) is 92.0 cm³/mol. The fourth-order valence-corrected chi connectivity index (χ4v) is 5.94. The lowest BCUT2D eigenvalue weighted by atomic mass is 10.0. The molecule has 1 rings (SSSR count). The minimum absolute atomic E-state index is 0.140. The van der Waals surface area contributed by atoms with E-state index in [4.69, 9.17) is 0 Å². The molecular formula is C18H29O2P. The number of benzene rings is 1. The van der Waals surface area contributed by atoms with Gasteiger partial charge in [0.15, 0.2) is 7.14 Å². The first-order valence-corrected chi connectivity index (χ1v) is 9.51. The molecule has 0 N–H and O–H groups in total. The van der Waals surface area contributed by atoms with E-state index < -0.39 is 12.3 Å². The number of hydrogen-bond donors (Lipinski definition) is 0. The van der Waals surface area contributed by atoms with Gasteiger partial charge in [0, 0.05) is 16.9 Å². The quantitative estimate of drug-likeness (QED) is 0.681. The number of aryl methyl sites for hydroxylation is 3. The molecule has 0 aromatic heterocycles. The molecule has 1 aromatic rings. The van der Waals surface area contributed by atoms with Gasteiger partial charge in [0.25, 0.3) is 0 Å². The first kappa shape index (κ1) is 18.2. The maximum absolute atomic E-state index is 13.6. The summed E-state index contributed by atoms with van der Waals surface area (Å²) in [7, 11) is -2.98. The van der Waals surface area contributed by atoms with E-state index in [0.717, 1.165) is 16.7 Å². The minimum Gasteiger partial charge on any atom is -0.315 e. The van der Waals surface area contributed by atoms with Crippen LogP contribution >= 0.6 is 7.14 Å². The van der Waals surface area contributed by atoms with Crippen LogP contribution in [0.25, 0.3) is 0 Å². The molecule has 0 aliphatic carbocycles. The summed E-state index contributed by atoms with van der Waals surface area (Å²) < 4.78 is 13.6. The number of carbonyl (C=O) groups is 1. The fraction of sp³-hybridized carbons (Fsp3) is 0.611. The average molecular weight is 308 g/mol. The van der Waals surface area contributed by atoms with E-state index in [0.29, 0.717) is 11.7 Å². The zero-order valence-corrected chi connectivity index (χ0v) is 15.6. The molecule has 0 radical (unpaired) electrons. The first-order chi connectivity index (χ1) is 9.40. The van der Waals surface area contributed by atoms with Gasteiger partial charge in [-0.25, -0.2) is 0 Å². The molecule has 21 heavy (non-hydrogen) atoms. The molecular weight excluding hydrogens is 279 g/mol. The zero-order valence-electron chi connectivity index (χ0n) is 14.7. The van der Waals surface area contributed by atoms with Crippen molar-refractivity contribution in [2.75, 3.05) is 6.16 Å². The number of rotatable bonds is 4. The van der Waals surface area contributed by atoms with Crippen molar-refractivity contribution in [3.8, 4) is 0 Å². The summed E-state index contributed by atoms with van der Waals surface area (Å²) in [6.45, 7) is 15.7. The molecule has 3 heteroatoms. The topological polar surface area (TPSA) is 34.1 Å². The highest BCUT2D eigenvalue weighted by Crippen LogP contribution is 2.61. The third-order valence-electron chi connectivity index (χ3n) is 3.92. The Labute approximate surface area is 129 Å². The van der Waals surface area contributed by atoms with Gasteiger partial charge in [0.1, 0.15) is 0 Å². The lowest BCUT2D eigenvalue weighted by molar-refractivity contribution is 0.107. The van der Waals surface area contributed by atoms with Gasteiger partial charge in [-0.15, -0.1) is 0 Å². The molecule has 0 aliphatic rings. The Kier molecular flexibility index (Phi) is 5.26. The molecule has 1 aromatic carbocycles. The van der Waals surface area contributed by atoms with Crippen LogP contribution in [0.15, 0.2) is 12.1 Å². The maximum Gasteiger partial charge on any atom is 0.222 e. The van der Waals surface area contributed by atoms with Crippen LogP contribution in [-0.2, 0) is 4.57 Å². The summed E-state index contributed by atoms with van der Waals surface area (Å²) in [4.78, 5) is 13.1. The van der Waals surface area contributed by atoms with Crippen molar-refractivity contribution < 1.29 is 9.36 Å². The van der Waals surface area contributed by atoms with E-state index in [1.54, 1.807) is 0 Å². The Bertz CT molecular complexity index is 569. The molecule has 0 aliphatic heterocycles. The van der Waals surface area contributed by atoms with Crippen molar-refractivity contribution in [3.63, 3.8) is 0 Å². The van der Waals surface area contributed by atoms with Crippen LogP contribution in [0.4, 0.5) is 0 Å². The van der Waals surface area contributed by atoms with Crippen molar-refractivity contribution in [1.82, 2.24) is 0 Å². The second kappa shape index (κ2) is 6.08. The second-order valence-electron chi connectivity index (χ2n) is 7.57. The van der Waals surface area contributed by atoms with Crippen LogP contribution in [0.5, 0.6) is 0 Å². The van der Waals surface area contributed by atoms with Crippen molar-refractivity contribution in [2.24, 2.45) is 5.92 Å². The summed E-state index contributed by atoms with van der Waals surface area (Å²) in [5.41, 5.74) is 3.53. The SMILES string of the molecule is Cc1cc(C)c(C(=O)P(=O)(CC(C)C)C(C)(C)C)c(C)c1. The van der Waals surface area contributed by atoms with Crippen LogP contribution in [0, 0.1) is 26.7 Å². The molecule has 0 heterocycles. The smallest absolute Gasteiger partial charge is 0.222 e. The van der Waals surface area contributed by atoms with Gasteiger partial charge in [-0.05, 0) is 37.8 Å². The molecule has 0 amide bonds. The summed E-state index contributed by atoms with van der Waals surface area (Å²) in [6.07, 6.45) is 0.474. The van der Waals surface area contributed by atoms with Crippen molar-refractivity contribution in [2.45, 2.75) is 60.5 Å². The predicted octanol–water partition coefficient (Wildman–Crippen LogP) is 5.57. The Balaban J connectivity index is 3.48. The minimum atomic E-state index is -2.98. The lowest BCUT2D eigenvalue weighted by Gasteiger charge is -2.32. The van der Waals surface area contributed by atoms with E-state index in [1.165, 1.54) is 0 Å². The third-order valence-corrected chi connectivity index (χ3v) is 8.22. The van der Waals surface area contributed by atoms with Gasteiger partial charge in [-0.1, -0.05) is 52.3 Å². The Morgan fingerprint density at radius 2 is 1.52 bits per heavy atom. The monoisotopic (exact) mass is 308 g/mol.